The van der Waals surface area contributed by atoms with Crippen molar-refractivity contribution in [3.05, 3.63) is 28.2 Å². The lowest BCUT2D eigenvalue weighted by Crippen LogP contribution is -2.43. The molecule has 1 amide bonds. The zero-order chi connectivity index (χ0) is 14.7. The number of nitrogens with one attached hydrogen (secondary N) is 2. The maximum absolute atomic E-state index is 11.9. The Morgan fingerprint density at radius 1 is 1.40 bits per heavy atom. The number of carbonyl (C=O) groups excluding carboxylic acids is 1. The second-order valence-electron chi connectivity index (χ2n) is 5.29. The Balaban J connectivity index is 1.94. The molecule has 5 heteroatoms. The molecule has 1 fully saturated rings. The van der Waals surface area contributed by atoms with Gasteiger partial charge in [-0.05, 0) is 60.3 Å². The lowest BCUT2D eigenvalue weighted by atomic mass is 10.1. The van der Waals surface area contributed by atoms with Crippen molar-refractivity contribution in [2.45, 2.75) is 44.8 Å². The summed E-state index contributed by atoms with van der Waals surface area (Å²) in [5, 5.41) is 6.33. The van der Waals surface area contributed by atoms with Gasteiger partial charge < -0.3 is 10.1 Å². The summed E-state index contributed by atoms with van der Waals surface area (Å²) in [4.78, 5) is 11.9. The van der Waals surface area contributed by atoms with Gasteiger partial charge in [-0.2, -0.15) is 0 Å². The molecule has 2 rings (SSSR count). The predicted octanol–water partition coefficient (Wildman–Crippen LogP) is 2.78. The highest BCUT2D eigenvalue weighted by molar-refractivity contribution is 9.10. The van der Waals surface area contributed by atoms with Crippen LogP contribution in [0.2, 0.25) is 0 Å². The minimum absolute atomic E-state index is 0.0759. The summed E-state index contributed by atoms with van der Waals surface area (Å²) in [5.41, 5.74) is 1.11. The molecular formula is C15H21BrN2O2. The van der Waals surface area contributed by atoms with Gasteiger partial charge in [0.2, 0.25) is 5.91 Å². The van der Waals surface area contributed by atoms with Gasteiger partial charge in [0.15, 0.2) is 0 Å². The van der Waals surface area contributed by atoms with Gasteiger partial charge in [0, 0.05) is 12.1 Å². The van der Waals surface area contributed by atoms with E-state index >= 15 is 0 Å². The van der Waals surface area contributed by atoms with Crippen LogP contribution >= 0.6 is 15.9 Å². The summed E-state index contributed by atoms with van der Waals surface area (Å²) in [5.74, 6) is 0.882. The standard InChI is InChI=1S/C15H21BrN2O2/c1-9(11-4-7-14(20-3)13(16)8-11)17-10(2)15(19)18-12-5-6-12/h4,7-10,12,17H,5-6H2,1-3H3,(H,18,19)/t9-,10+/m0/s1. The van der Waals surface area contributed by atoms with Crippen LogP contribution in [-0.4, -0.2) is 25.1 Å². The molecule has 1 saturated carbocycles. The van der Waals surface area contributed by atoms with Gasteiger partial charge in [-0.3, -0.25) is 10.1 Å². The second kappa shape index (κ2) is 6.59. The van der Waals surface area contributed by atoms with E-state index in [4.69, 9.17) is 4.74 Å². The summed E-state index contributed by atoms with van der Waals surface area (Å²) in [7, 11) is 1.64. The van der Waals surface area contributed by atoms with E-state index in [1.807, 2.05) is 25.1 Å². The summed E-state index contributed by atoms with van der Waals surface area (Å²) in [6.45, 7) is 3.95. The Morgan fingerprint density at radius 3 is 2.65 bits per heavy atom. The van der Waals surface area contributed by atoms with Crippen LogP contribution in [0, 0.1) is 0 Å². The number of hydrogen-bond acceptors (Lipinski definition) is 3. The predicted molar refractivity (Wildman–Crippen MR) is 82.9 cm³/mol. The molecule has 1 aliphatic carbocycles. The van der Waals surface area contributed by atoms with Crippen LogP contribution in [0.25, 0.3) is 0 Å². The molecule has 1 aromatic rings. The molecule has 1 aromatic carbocycles. The summed E-state index contributed by atoms with van der Waals surface area (Å²) in [6.07, 6.45) is 2.22. The zero-order valence-electron chi connectivity index (χ0n) is 12.1. The minimum atomic E-state index is -0.202. The van der Waals surface area contributed by atoms with Gasteiger partial charge in [-0.15, -0.1) is 0 Å². The van der Waals surface area contributed by atoms with E-state index in [0.717, 1.165) is 28.6 Å². The Kier molecular flexibility index (Phi) is 5.05. The van der Waals surface area contributed by atoms with Crippen LogP contribution in [0.1, 0.15) is 38.3 Å². The number of halogens is 1. The molecule has 0 bridgehead atoms. The summed E-state index contributed by atoms with van der Waals surface area (Å²) in [6, 6.07) is 6.24. The van der Waals surface area contributed by atoms with Crippen molar-refractivity contribution in [2.75, 3.05) is 7.11 Å². The number of methoxy groups -OCH3 is 1. The number of hydrogen-bond donors (Lipinski definition) is 2. The van der Waals surface area contributed by atoms with Gasteiger partial charge in [0.25, 0.3) is 0 Å². The molecule has 0 spiro atoms. The largest absolute Gasteiger partial charge is 0.496 e. The monoisotopic (exact) mass is 340 g/mol. The van der Waals surface area contributed by atoms with Gasteiger partial charge >= 0.3 is 0 Å². The molecule has 0 aliphatic heterocycles. The first kappa shape index (κ1) is 15.3. The van der Waals surface area contributed by atoms with Crippen LogP contribution in [0.15, 0.2) is 22.7 Å². The van der Waals surface area contributed by atoms with Gasteiger partial charge in [0.1, 0.15) is 5.75 Å². The average molecular weight is 341 g/mol. The van der Waals surface area contributed by atoms with E-state index in [1.54, 1.807) is 7.11 Å². The number of benzene rings is 1. The number of rotatable bonds is 6. The van der Waals surface area contributed by atoms with Crippen molar-refractivity contribution < 1.29 is 9.53 Å². The molecule has 4 nitrogen and oxygen atoms in total. The van der Waals surface area contributed by atoms with E-state index in [0.29, 0.717) is 6.04 Å². The van der Waals surface area contributed by atoms with Crippen molar-refractivity contribution in [2.24, 2.45) is 0 Å². The molecule has 0 saturated heterocycles. The second-order valence-corrected chi connectivity index (χ2v) is 6.14. The normalized spacial score (nSPS) is 17.4. The highest BCUT2D eigenvalue weighted by Crippen LogP contribution is 2.28. The quantitative estimate of drug-likeness (QED) is 0.837. The van der Waals surface area contributed by atoms with Crippen molar-refractivity contribution in [1.82, 2.24) is 10.6 Å². The maximum atomic E-state index is 11.9. The first-order valence-corrected chi connectivity index (χ1v) is 7.70. The van der Waals surface area contributed by atoms with E-state index in [9.17, 15) is 4.79 Å². The lowest BCUT2D eigenvalue weighted by Gasteiger charge is -2.20. The number of amides is 1. The zero-order valence-corrected chi connectivity index (χ0v) is 13.7. The third-order valence-corrected chi connectivity index (χ3v) is 4.11. The molecule has 2 N–H and O–H groups in total. The van der Waals surface area contributed by atoms with Crippen molar-refractivity contribution >= 4 is 21.8 Å². The number of ether oxygens (including phenoxy) is 1. The van der Waals surface area contributed by atoms with E-state index < -0.39 is 0 Å². The third kappa shape index (κ3) is 3.96. The molecule has 2 atom stereocenters. The van der Waals surface area contributed by atoms with Crippen molar-refractivity contribution in [3.8, 4) is 5.75 Å². The van der Waals surface area contributed by atoms with Crippen LogP contribution < -0.4 is 15.4 Å². The first-order valence-electron chi connectivity index (χ1n) is 6.91. The fourth-order valence-corrected chi connectivity index (χ4v) is 2.61. The van der Waals surface area contributed by atoms with E-state index in [2.05, 4.69) is 33.5 Å². The first-order chi connectivity index (χ1) is 9.51. The Hall–Kier alpha value is -1.07. The third-order valence-electron chi connectivity index (χ3n) is 3.49. The fraction of sp³-hybridized carbons (Fsp3) is 0.533. The van der Waals surface area contributed by atoms with Crippen LogP contribution in [0.3, 0.4) is 0 Å². The Labute approximate surface area is 128 Å². The SMILES string of the molecule is COc1ccc([C@H](C)N[C@H](C)C(=O)NC2CC2)cc1Br. The highest BCUT2D eigenvalue weighted by Gasteiger charge is 2.26. The molecule has 110 valence electrons. The summed E-state index contributed by atoms with van der Waals surface area (Å²) >= 11 is 3.48. The molecular weight excluding hydrogens is 320 g/mol. The average Bonchev–Trinajstić information content (AvgIpc) is 3.22. The molecule has 0 radical (unpaired) electrons. The van der Waals surface area contributed by atoms with E-state index in [1.165, 1.54) is 0 Å². The van der Waals surface area contributed by atoms with Crippen LogP contribution in [0.4, 0.5) is 0 Å². The Morgan fingerprint density at radius 2 is 2.10 bits per heavy atom. The van der Waals surface area contributed by atoms with Gasteiger partial charge in [-0.25, -0.2) is 0 Å². The molecule has 20 heavy (non-hydrogen) atoms. The van der Waals surface area contributed by atoms with Crippen molar-refractivity contribution in [1.29, 1.82) is 0 Å². The summed E-state index contributed by atoms with van der Waals surface area (Å²) < 4.78 is 6.14. The maximum Gasteiger partial charge on any atom is 0.237 e. The smallest absolute Gasteiger partial charge is 0.237 e. The van der Waals surface area contributed by atoms with Crippen molar-refractivity contribution in [3.63, 3.8) is 0 Å². The van der Waals surface area contributed by atoms with Crippen LogP contribution in [-0.2, 0) is 4.79 Å². The minimum Gasteiger partial charge on any atom is -0.496 e. The molecule has 0 unspecified atom stereocenters. The number of carbonyl (C=O) groups is 1. The van der Waals surface area contributed by atoms with Gasteiger partial charge in [0.05, 0.1) is 17.6 Å². The van der Waals surface area contributed by atoms with Gasteiger partial charge in [-0.1, -0.05) is 6.07 Å². The topological polar surface area (TPSA) is 50.4 Å². The lowest BCUT2D eigenvalue weighted by molar-refractivity contribution is -0.123. The Bertz CT molecular complexity index is 489. The molecule has 0 aromatic heterocycles. The highest BCUT2D eigenvalue weighted by atomic mass is 79.9. The molecule has 1 aliphatic rings. The van der Waals surface area contributed by atoms with E-state index in [-0.39, 0.29) is 18.0 Å². The van der Waals surface area contributed by atoms with Crippen LogP contribution in [0.5, 0.6) is 5.75 Å². The molecule has 0 heterocycles. The fourth-order valence-electron chi connectivity index (χ4n) is 2.05.